The van der Waals surface area contributed by atoms with E-state index in [1.807, 2.05) is 13.8 Å². The van der Waals surface area contributed by atoms with Crippen LogP contribution in [0.25, 0.3) is 0 Å². The summed E-state index contributed by atoms with van der Waals surface area (Å²) in [6, 6.07) is 0. The summed E-state index contributed by atoms with van der Waals surface area (Å²) in [5.74, 6) is 10.5. The van der Waals surface area contributed by atoms with Crippen LogP contribution in [0.2, 0.25) is 5.28 Å². The summed E-state index contributed by atoms with van der Waals surface area (Å²) in [7, 11) is 5.21. The van der Waals surface area contributed by atoms with Crippen LogP contribution in [0.4, 0.5) is 0 Å². The largest absolute Gasteiger partial charge is 0.489 e. The van der Waals surface area contributed by atoms with Crippen LogP contribution in [0.15, 0.2) is 14.4 Å². The normalized spacial score (nSPS) is 8.12. The number of hydrogen-bond donors (Lipinski definition) is 1. The van der Waals surface area contributed by atoms with Crippen molar-refractivity contribution in [1.29, 1.82) is 0 Å². The van der Waals surface area contributed by atoms with E-state index < -0.39 is 28.7 Å². The molecule has 2 aromatic rings. The van der Waals surface area contributed by atoms with E-state index in [1.165, 1.54) is 28.3 Å². The van der Waals surface area contributed by atoms with Crippen LogP contribution in [-0.2, 0) is 23.6 Å². The maximum Gasteiger partial charge on any atom is 0.361 e. The molecule has 14 heteroatoms. The Hall–Kier alpha value is -4.93. The van der Waals surface area contributed by atoms with Gasteiger partial charge in [-0.1, -0.05) is 20.8 Å². The zero-order chi connectivity index (χ0) is 32.1. The van der Waals surface area contributed by atoms with Crippen molar-refractivity contribution in [2.75, 3.05) is 27.4 Å². The third kappa shape index (κ3) is 14.5. The van der Waals surface area contributed by atoms with Gasteiger partial charge in [-0.25, -0.2) is 19.4 Å². The smallest absolute Gasteiger partial charge is 0.361 e. The molecule has 0 aliphatic carbocycles. The van der Waals surface area contributed by atoms with Crippen LogP contribution < -0.4 is 26.3 Å². The molecule has 2 aromatic heterocycles. The van der Waals surface area contributed by atoms with E-state index >= 15 is 0 Å². The molecule has 0 fully saturated rings. The van der Waals surface area contributed by atoms with Gasteiger partial charge in [0, 0.05) is 14.1 Å². The van der Waals surface area contributed by atoms with E-state index in [-0.39, 0.29) is 56.2 Å². The number of terminal acetylenes is 1. The number of halogens is 1. The summed E-state index contributed by atoms with van der Waals surface area (Å²) < 4.78 is 20.9. The molecule has 0 amide bonds. The molecule has 2 rings (SSSR count). The standard InChI is InChI=1S/C9H11ClN2O4.C9H12N2O5.C5H4.C4H6.2CH4/c1-4-16-8(14)5-6(15-3)7(13)12(2)9(10)11-5;1-4-16-8(13)5-6(15-3)7(12)11(2)9(14)10-5;1-3-5-4-2;1-3-4-2;;/h4H2,1-3H3;4H2,1-3H3,(H,10,14);1H,2H3;1-2H3;2*1H4. The molecule has 43 heavy (non-hydrogen) atoms. The fourth-order valence-electron chi connectivity index (χ4n) is 2.28. The van der Waals surface area contributed by atoms with E-state index in [2.05, 4.69) is 44.3 Å². The Bertz CT molecular complexity index is 1520. The Balaban J connectivity index is -0.000000267. The SMILES string of the molecule is C.C.C#CC#CC.CC#CC.CCOC(=O)c1[nH]c(=O)n(C)c(=O)c1OC.CCOC(=O)c1nc(Cl)n(C)c(=O)c1OC. The average molecular weight is 625 g/mol. The first-order valence-electron chi connectivity index (χ1n) is 11.6. The minimum absolute atomic E-state index is 0. The van der Waals surface area contributed by atoms with Gasteiger partial charge in [0.25, 0.3) is 11.1 Å². The highest BCUT2D eigenvalue weighted by atomic mass is 35.5. The van der Waals surface area contributed by atoms with Crippen molar-refractivity contribution in [2.24, 2.45) is 14.1 Å². The quantitative estimate of drug-likeness (QED) is 0.287. The molecule has 0 saturated carbocycles. The van der Waals surface area contributed by atoms with Gasteiger partial charge in [0.1, 0.15) is 0 Å². The van der Waals surface area contributed by atoms with E-state index in [4.69, 9.17) is 32.2 Å². The number of ether oxygens (including phenoxy) is 4. The lowest BCUT2D eigenvalue weighted by atomic mass is 10.3. The second-order valence-electron chi connectivity index (χ2n) is 6.79. The number of carbonyl (C=O) groups is 2. The van der Waals surface area contributed by atoms with Crippen molar-refractivity contribution < 1.29 is 28.5 Å². The van der Waals surface area contributed by atoms with Crippen LogP contribution in [0, 0.1) is 36.0 Å². The number of aromatic nitrogens is 4. The molecule has 238 valence electrons. The Kier molecular flexibility index (Phi) is 26.0. The molecule has 0 atom stereocenters. The van der Waals surface area contributed by atoms with E-state index in [1.54, 1.807) is 20.8 Å². The van der Waals surface area contributed by atoms with Crippen molar-refractivity contribution in [1.82, 2.24) is 19.1 Å². The fourth-order valence-corrected chi connectivity index (χ4v) is 2.45. The first-order chi connectivity index (χ1) is 19.4. The minimum atomic E-state index is -0.797. The maximum atomic E-state index is 11.7. The van der Waals surface area contributed by atoms with Gasteiger partial charge in [-0.05, 0) is 58.1 Å². The number of esters is 2. The topological polar surface area (TPSA) is 161 Å². The molecule has 1 N–H and O–H groups in total. The van der Waals surface area contributed by atoms with Gasteiger partial charge in [0.05, 0.1) is 27.4 Å². The molecular weight excluding hydrogens is 584 g/mol. The Labute approximate surface area is 257 Å². The van der Waals surface area contributed by atoms with Gasteiger partial charge < -0.3 is 18.9 Å². The molecule has 0 unspecified atom stereocenters. The predicted molar refractivity (Wildman–Crippen MR) is 167 cm³/mol. The second-order valence-corrected chi connectivity index (χ2v) is 7.13. The van der Waals surface area contributed by atoms with E-state index in [9.17, 15) is 24.0 Å². The number of nitrogens with one attached hydrogen (secondary N) is 1. The summed E-state index contributed by atoms with van der Waals surface area (Å²) >= 11 is 5.68. The van der Waals surface area contributed by atoms with Crippen molar-refractivity contribution >= 4 is 23.5 Å². The van der Waals surface area contributed by atoms with Crippen molar-refractivity contribution in [3.8, 4) is 47.5 Å². The average Bonchev–Trinajstić information content (AvgIpc) is 2.95. The van der Waals surface area contributed by atoms with Gasteiger partial charge in [0.2, 0.25) is 16.8 Å². The zero-order valence-corrected chi connectivity index (χ0v) is 25.1. The van der Waals surface area contributed by atoms with Crippen LogP contribution in [0.1, 0.15) is 70.4 Å². The molecule has 0 bridgehead atoms. The highest BCUT2D eigenvalue weighted by molar-refractivity contribution is 6.28. The van der Waals surface area contributed by atoms with Gasteiger partial charge >= 0.3 is 17.6 Å². The maximum absolute atomic E-state index is 11.7. The molecular formula is C29H41ClN4O9. The van der Waals surface area contributed by atoms with Crippen molar-refractivity contribution in [3.05, 3.63) is 47.9 Å². The molecule has 0 aromatic carbocycles. The number of rotatable bonds is 6. The molecule has 2 heterocycles. The van der Waals surface area contributed by atoms with Gasteiger partial charge in [-0.2, -0.15) is 0 Å². The number of H-pyrrole nitrogens is 1. The van der Waals surface area contributed by atoms with Gasteiger partial charge in [-0.3, -0.25) is 23.7 Å². The number of hydrogen-bond acceptors (Lipinski definition) is 10. The number of nitrogens with zero attached hydrogens (tertiary/aromatic N) is 3. The Morgan fingerprint density at radius 1 is 0.860 bits per heavy atom. The summed E-state index contributed by atoms with van der Waals surface area (Å²) in [5, 5.41) is -0.103. The number of carbonyl (C=O) groups excluding carboxylic acids is 2. The van der Waals surface area contributed by atoms with Gasteiger partial charge in [0.15, 0.2) is 11.4 Å². The zero-order valence-electron chi connectivity index (χ0n) is 24.4. The fraction of sp³-hybridized carbons (Fsp3) is 0.448. The summed E-state index contributed by atoms with van der Waals surface area (Å²) in [5.41, 5.74) is -2.40. The number of aromatic amines is 1. The first kappa shape index (κ1) is 45.1. The second kappa shape index (κ2) is 24.8. The molecule has 13 nitrogen and oxygen atoms in total. The van der Waals surface area contributed by atoms with E-state index in [0.717, 1.165) is 9.13 Å². The van der Waals surface area contributed by atoms with E-state index in [0.29, 0.717) is 0 Å². The highest BCUT2D eigenvalue weighted by Gasteiger charge is 2.22. The lowest BCUT2D eigenvalue weighted by molar-refractivity contribution is 0.0504. The first-order valence-corrected chi connectivity index (χ1v) is 12.0. The van der Waals surface area contributed by atoms with Crippen molar-refractivity contribution in [2.45, 2.75) is 49.5 Å². The van der Waals surface area contributed by atoms with Crippen molar-refractivity contribution in [3.63, 3.8) is 0 Å². The monoisotopic (exact) mass is 624 g/mol. The van der Waals surface area contributed by atoms with Crippen LogP contribution >= 0.6 is 11.6 Å². The minimum Gasteiger partial charge on any atom is -0.489 e. The molecule has 0 radical (unpaired) electrons. The molecule has 0 spiro atoms. The molecule has 0 aliphatic rings. The molecule has 0 saturated heterocycles. The Morgan fingerprint density at radius 2 is 1.33 bits per heavy atom. The highest BCUT2D eigenvalue weighted by Crippen LogP contribution is 2.14. The van der Waals surface area contributed by atoms with Crippen LogP contribution in [0.5, 0.6) is 11.5 Å². The molecule has 0 aliphatic heterocycles. The van der Waals surface area contributed by atoms with Crippen LogP contribution in [0.3, 0.4) is 0 Å². The lowest BCUT2D eigenvalue weighted by Gasteiger charge is -2.08. The third-order valence-corrected chi connectivity index (χ3v) is 4.60. The predicted octanol–water partition coefficient (Wildman–Crippen LogP) is 2.82. The van der Waals surface area contributed by atoms with Gasteiger partial charge in [-0.15, -0.1) is 18.3 Å². The summed E-state index contributed by atoms with van der Waals surface area (Å²) in [4.78, 5) is 63.4. The Morgan fingerprint density at radius 3 is 1.70 bits per heavy atom. The summed E-state index contributed by atoms with van der Waals surface area (Å²) in [6.07, 6.45) is 4.72. The number of methoxy groups -OCH3 is 2. The third-order valence-electron chi connectivity index (χ3n) is 4.26. The summed E-state index contributed by atoms with van der Waals surface area (Å²) in [6.45, 7) is 8.92. The van der Waals surface area contributed by atoms with Crippen LogP contribution in [-0.4, -0.2) is 58.5 Å². The lowest BCUT2D eigenvalue weighted by Crippen LogP contribution is -2.35.